The van der Waals surface area contributed by atoms with Crippen LogP contribution >= 0.6 is 0 Å². The molecule has 0 N–H and O–H groups in total. The summed E-state index contributed by atoms with van der Waals surface area (Å²) in [7, 11) is 2.21. The third kappa shape index (κ3) is 1.99. The number of fused-ring (bicyclic) bond motifs is 1. The number of piperidine rings is 1. The first-order chi connectivity index (χ1) is 8.65. The highest BCUT2D eigenvalue weighted by Crippen LogP contribution is 2.45. The summed E-state index contributed by atoms with van der Waals surface area (Å²) in [5.41, 5.74) is 4.35. The van der Waals surface area contributed by atoms with Crippen LogP contribution in [0.25, 0.3) is 5.57 Å². The summed E-state index contributed by atoms with van der Waals surface area (Å²) < 4.78 is 13.0. The van der Waals surface area contributed by atoms with Crippen LogP contribution < -0.4 is 0 Å². The van der Waals surface area contributed by atoms with Crippen LogP contribution in [0.5, 0.6) is 0 Å². The molecule has 0 amide bonds. The van der Waals surface area contributed by atoms with Crippen LogP contribution in [-0.4, -0.2) is 25.0 Å². The summed E-state index contributed by atoms with van der Waals surface area (Å²) >= 11 is 0. The van der Waals surface area contributed by atoms with Crippen LogP contribution in [0.3, 0.4) is 0 Å². The third-order valence-electron chi connectivity index (χ3n) is 4.51. The second kappa shape index (κ2) is 4.51. The maximum Gasteiger partial charge on any atom is 0.123 e. The van der Waals surface area contributed by atoms with Gasteiger partial charge in [0.2, 0.25) is 0 Å². The van der Waals surface area contributed by atoms with Crippen LogP contribution in [-0.2, 0) is 0 Å². The molecule has 3 rings (SSSR count). The molecule has 0 radical (unpaired) electrons. The minimum absolute atomic E-state index is 0.143. The molecule has 2 heteroatoms. The summed E-state index contributed by atoms with van der Waals surface area (Å²) in [6.45, 7) is 4.69. The molecular formula is C16H20FN. The lowest BCUT2D eigenvalue weighted by molar-refractivity contribution is 0.229. The number of halogens is 1. The molecule has 1 aliphatic heterocycles. The molecule has 1 heterocycles. The predicted molar refractivity (Wildman–Crippen MR) is 72.7 cm³/mol. The molecule has 2 aliphatic rings. The van der Waals surface area contributed by atoms with Crippen LogP contribution in [0.2, 0.25) is 0 Å². The van der Waals surface area contributed by atoms with E-state index in [4.69, 9.17) is 0 Å². The Morgan fingerprint density at radius 2 is 1.94 bits per heavy atom. The van der Waals surface area contributed by atoms with Crippen molar-refractivity contribution in [3.8, 4) is 0 Å². The van der Waals surface area contributed by atoms with Crippen molar-refractivity contribution in [3.63, 3.8) is 0 Å². The Bertz CT molecular complexity index is 474. The van der Waals surface area contributed by atoms with E-state index in [0.717, 1.165) is 18.9 Å². The van der Waals surface area contributed by atoms with E-state index in [1.54, 1.807) is 17.7 Å². The molecule has 0 bridgehead atoms. The minimum atomic E-state index is -0.143. The number of rotatable bonds is 1. The molecule has 0 spiro atoms. The smallest absolute Gasteiger partial charge is 0.123 e. The Morgan fingerprint density at radius 3 is 2.67 bits per heavy atom. The summed E-state index contributed by atoms with van der Waals surface area (Å²) in [6, 6.07) is 7.03. The lowest BCUT2D eigenvalue weighted by Crippen LogP contribution is -2.34. The van der Waals surface area contributed by atoms with Crippen molar-refractivity contribution in [2.24, 2.45) is 11.8 Å². The topological polar surface area (TPSA) is 3.24 Å². The lowest BCUT2D eigenvalue weighted by Gasteiger charge is -2.32. The fourth-order valence-corrected chi connectivity index (χ4v) is 3.48. The van der Waals surface area contributed by atoms with Gasteiger partial charge in [0.05, 0.1) is 0 Å². The van der Waals surface area contributed by atoms with Crippen molar-refractivity contribution >= 4 is 5.57 Å². The van der Waals surface area contributed by atoms with E-state index in [-0.39, 0.29) is 5.82 Å². The number of likely N-dealkylation sites (tertiary alicyclic amines) is 1. The molecule has 1 aromatic rings. The van der Waals surface area contributed by atoms with Crippen LogP contribution in [0.15, 0.2) is 29.8 Å². The van der Waals surface area contributed by atoms with Gasteiger partial charge in [0.25, 0.3) is 0 Å². The van der Waals surface area contributed by atoms with E-state index in [9.17, 15) is 4.39 Å². The van der Waals surface area contributed by atoms with E-state index in [1.807, 2.05) is 12.1 Å². The zero-order valence-corrected chi connectivity index (χ0v) is 11.1. The second-order valence-electron chi connectivity index (χ2n) is 5.81. The molecule has 96 valence electrons. The van der Waals surface area contributed by atoms with Crippen molar-refractivity contribution < 1.29 is 4.39 Å². The molecule has 1 aliphatic carbocycles. The van der Waals surface area contributed by atoms with Crippen molar-refractivity contribution in [1.82, 2.24) is 4.90 Å². The zero-order chi connectivity index (χ0) is 12.7. The molecule has 2 atom stereocenters. The van der Waals surface area contributed by atoms with Crippen molar-refractivity contribution in [3.05, 3.63) is 41.2 Å². The Labute approximate surface area is 108 Å². The molecule has 1 aromatic carbocycles. The molecule has 1 fully saturated rings. The average molecular weight is 245 g/mol. The number of benzene rings is 1. The van der Waals surface area contributed by atoms with Crippen molar-refractivity contribution in [2.75, 3.05) is 20.1 Å². The van der Waals surface area contributed by atoms with Gasteiger partial charge >= 0.3 is 0 Å². The van der Waals surface area contributed by atoms with E-state index in [2.05, 4.69) is 18.9 Å². The Kier molecular flexibility index (Phi) is 2.98. The van der Waals surface area contributed by atoms with Gasteiger partial charge in [-0.1, -0.05) is 24.6 Å². The molecule has 18 heavy (non-hydrogen) atoms. The SMILES string of the molecule is CC1CC(c2ccc(F)cc2)=C2CCN(C)CC21. The summed E-state index contributed by atoms with van der Waals surface area (Å²) in [4.78, 5) is 2.43. The van der Waals surface area contributed by atoms with Crippen LogP contribution in [0, 0.1) is 17.7 Å². The van der Waals surface area contributed by atoms with Gasteiger partial charge < -0.3 is 4.90 Å². The standard InChI is InChI=1S/C16H20FN/c1-11-9-15(12-3-5-13(17)6-4-12)14-7-8-18(2)10-16(11)14/h3-6,11,16H,7-10H2,1-2H3. The fourth-order valence-electron chi connectivity index (χ4n) is 3.48. The van der Waals surface area contributed by atoms with Crippen LogP contribution in [0.4, 0.5) is 4.39 Å². The maximum absolute atomic E-state index is 13.0. The summed E-state index contributed by atoms with van der Waals surface area (Å²) in [5, 5.41) is 0. The number of allylic oxidation sites excluding steroid dienone is 1. The largest absolute Gasteiger partial charge is 0.305 e. The maximum atomic E-state index is 13.0. The highest BCUT2D eigenvalue weighted by Gasteiger charge is 2.35. The lowest BCUT2D eigenvalue weighted by atomic mass is 9.87. The quantitative estimate of drug-likeness (QED) is 0.731. The number of hydrogen-bond donors (Lipinski definition) is 0. The molecule has 0 saturated carbocycles. The van der Waals surface area contributed by atoms with Gasteiger partial charge in [0.1, 0.15) is 5.82 Å². The highest BCUT2D eigenvalue weighted by atomic mass is 19.1. The summed E-state index contributed by atoms with van der Waals surface area (Å²) in [5.74, 6) is 1.29. The first-order valence-corrected chi connectivity index (χ1v) is 6.81. The van der Waals surface area contributed by atoms with Gasteiger partial charge in [0, 0.05) is 13.1 Å². The molecule has 1 saturated heterocycles. The van der Waals surface area contributed by atoms with E-state index >= 15 is 0 Å². The minimum Gasteiger partial charge on any atom is -0.305 e. The Balaban J connectivity index is 1.96. The predicted octanol–water partition coefficient (Wildman–Crippen LogP) is 3.57. The highest BCUT2D eigenvalue weighted by molar-refractivity contribution is 5.72. The first kappa shape index (κ1) is 11.9. The second-order valence-corrected chi connectivity index (χ2v) is 5.81. The molecule has 2 unspecified atom stereocenters. The van der Waals surface area contributed by atoms with E-state index in [0.29, 0.717) is 5.92 Å². The van der Waals surface area contributed by atoms with Gasteiger partial charge in [-0.15, -0.1) is 0 Å². The fraction of sp³-hybridized carbons (Fsp3) is 0.500. The number of hydrogen-bond acceptors (Lipinski definition) is 1. The van der Waals surface area contributed by atoms with Gasteiger partial charge in [-0.3, -0.25) is 0 Å². The molecular weight excluding hydrogens is 225 g/mol. The van der Waals surface area contributed by atoms with Gasteiger partial charge in [0.15, 0.2) is 0 Å². The third-order valence-corrected chi connectivity index (χ3v) is 4.51. The number of nitrogens with zero attached hydrogens (tertiary/aromatic N) is 1. The summed E-state index contributed by atoms with van der Waals surface area (Å²) in [6.07, 6.45) is 2.33. The Hall–Kier alpha value is -1.15. The van der Waals surface area contributed by atoms with Crippen molar-refractivity contribution in [2.45, 2.75) is 19.8 Å². The van der Waals surface area contributed by atoms with Gasteiger partial charge in [-0.05, 0) is 55.0 Å². The first-order valence-electron chi connectivity index (χ1n) is 6.81. The Morgan fingerprint density at radius 1 is 1.22 bits per heavy atom. The van der Waals surface area contributed by atoms with E-state index < -0.39 is 0 Å². The molecule has 1 nitrogen and oxygen atoms in total. The van der Waals surface area contributed by atoms with Crippen LogP contribution in [0.1, 0.15) is 25.3 Å². The van der Waals surface area contributed by atoms with Crippen molar-refractivity contribution in [1.29, 1.82) is 0 Å². The normalized spacial score (nSPS) is 28.6. The molecule has 0 aromatic heterocycles. The average Bonchev–Trinajstić information content (AvgIpc) is 2.68. The zero-order valence-electron chi connectivity index (χ0n) is 11.1. The monoisotopic (exact) mass is 245 g/mol. The van der Waals surface area contributed by atoms with E-state index in [1.165, 1.54) is 24.1 Å². The van der Waals surface area contributed by atoms with Gasteiger partial charge in [-0.25, -0.2) is 4.39 Å². The van der Waals surface area contributed by atoms with Gasteiger partial charge in [-0.2, -0.15) is 0 Å².